The van der Waals surface area contributed by atoms with Crippen LogP contribution in [-0.2, 0) is 10.0 Å². The van der Waals surface area contributed by atoms with Gasteiger partial charge in [-0.15, -0.1) is 0 Å². The van der Waals surface area contributed by atoms with Crippen molar-refractivity contribution in [1.29, 1.82) is 0 Å². The lowest BCUT2D eigenvalue weighted by Crippen LogP contribution is -2.37. The van der Waals surface area contributed by atoms with Crippen LogP contribution in [0.4, 0.5) is 11.4 Å². The van der Waals surface area contributed by atoms with Crippen LogP contribution < -0.4 is 20.1 Å². The molecule has 0 atom stereocenters. The third kappa shape index (κ3) is 6.92. The predicted molar refractivity (Wildman–Crippen MR) is 145 cm³/mol. The molecule has 0 radical (unpaired) electrons. The number of nitrogens with zero attached hydrogens (tertiary/aromatic N) is 1. The van der Waals surface area contributed by atoms with Gasteiger partial charge in [0.25, 0.3) is 0 Å². The summed E-state index contributed by atoms with van der Waals surface area (Å²) in [7, 11) is -3.72. The van der Waals surface area contributed by atoms with Crippen LogP contribution in [0.25, 0.3) is 0 Å². The Morgan fingerprint density at radius 1 is 0.694 bits per heavy atom. The Morgan fingerprint density at radius 2 is 1.19 bits per heavy atom. The number of benzene rings is 3. The van der Waals surface area contributed by atoms with E-state index >= 15 is 0 Å². The fourth-order valence-corrected chi connectivity index (χ4v) is 5.48. The quantitative estimate of drug-likeness (QED) is 0.497. The van der Waals surface area contributed by atoms with Gasteiger partial charge in [0.05, 0.1) is 16.3 Å². The summed E-state index contributed by atoms with van der Waals surface area (Å²) in [4.78, 5) is 0.263. The Hall–Kier alpha value is -3.23. The van der Waals surface area contributed by atoms with E-state index in [1.165, 1.54) is 4.31 Å². The van der Waals surface area contributed by atoms with E-state index in [4.69, 9.17) is 9.47 Å². The van der Waals surface area contributed by atoms with Crippen molar-refractivity contribution >= 4 is 21.4 Å². The molecular formula is C28H35N3O4S. The van der Waals surface area contributed by atoms with E-state index < -0.39 is 10.0 Å². The van der Waals surface area contributed by atoms with Crippen molar-refractivity contribution in [1.82, 2.24) is 4.31 Å². The molecule has 1 heterocycles. The molecular weight excluding hydrogens is 474 g/mol. The fourth-order valence-electron chi connectivity index (χ4n) is 4.08. The number of sulfonamides is 1. The number of rotatable bonds is 2. The van der Waals surface area contributed by atoms with Crippen LogP contribution >= 0.6 is 0 Å². The van der Waals surface area contributed by atoms with E-state index in [2.05, 4.69) is 10.6 Å². The first-order chi connectivity index (χ1) is 17.5. The van der Waals surface area contributed by atoms with E-state index in [-0.39, 0.29) is 31.2 Å². The molecule has 192 valence electrons. The highest BCUT2D eigenvalue weighted by atomic mass is 32.2. The van der Waals surface area contributed by atoms with Crippen molar-refractivity contribution < 1.29 is 17.9 Å². The third-order valence-corrected chi connectivity index (χ3v) is 8.03. The summed E-state index contributed by atoms with van der Waals surface area (Å²) >= 11 is 0. The van der Waals surface area contributed by atoms with Crippen LogP contribution in [0.15, 0.2) is 77.7 Å². The summed E-state index contributed by atoms with van der Waals surface area (Å²) in [5.74, 6) is 1.44. The number of ether oxygens (including phenoxy) is 2. The molecule has 0 fully saturated rings. The predicted octanol–water partition coefficient (Wildman–Crippen LogP) is 5.15. The average molecular weight is 510 g/mol. The van der Waals surface area contributed by atoms with Crippen LogP contribution in [0.3, 0.4) is 0 Å². The highest BCUT2D eigenvalue weighted by Gasteiger charge is 2.24. The molecule has 2 N–H and O–H groups in total. The number of anilines is 2. The Bertz CT molecular complexity index is 1160. The summed E-state index contributed by atoms with van der Waals surface area (Å²) in [6.07, 6.45) is 3.17. The molecule has 3 aromatic rings. The van der Waals surface area contributed by atoms with Gasteiger partial charge < -0.3 is 20.1 Å². The molecule has 0 spiro atoms. The van der Waals surface area contributed by atoms with E-state index in [0.717, 1.165) is 60.8 Å². The second-order valence-electron chi connectivity index (χ2n) is 8.82. The molecule has 7 nitrogen and oxygen atoms in total. The first kappa shape index (κ1) is 25.9. The zero-order chi connectivity index (χ0) is 25.2. The van der Waals surface area contributed by atoms with Crippen molar-refractivity contribution in [3.8, 4) is 11.5 Å². The first-order valence-corrected chi connectivity index (χ1v) is 14.0. The van der Waals surface area contributed by atoms with Crippen molar-refractivity contribution in [2.45, 2.75) is 31.1 Å². The number of nitrogens with one attached hydrogen (secondary N) is 2. The third-order valence-electron chi connectivity index (χ3n) is 6.11. The number of para-hydroxylation sites is 4. The molecule has 3 aromatic carbocycles. The Balaban J connectivity index is 1.55. The van der Waals surface area contributed by atoms with Crippen LogP contribution in [0.5, 0.6) is 11.5 Å². The van der Waals surface area contributed by atoms with E-state index in [1.54, 1.807) is 12.1 Å². The molecule has 0 aromatic heterocycles. The monoisotopic (exact) mass is 509 g/mol. The summed E-state index contributed by atoms with van der Waals surface area (Å²) in [6.45, 7) is 4.47. The van der Waals surface area contributed by atoms with Gasteiger partial charge in [0.15, 0.2) is 0 Å². The van der Waals surface area contributed by atoms with Gasteiger partial charge in [0.1, 0.15) is 24.7 Å². The minimum Gasteiger partial charge on any atom is -0.490 e. The molecule has 0 saturated carbocycles. The van der Waals surface area contributed by atoms with Crippen LogP contribution in [0.2, 0.25) is 0 Å². The molecule has 1 aliphatic heterocycles. The van der Waals surface area contributed by atoms with Gasteiger partial charge in [0, 0.05) is 26.2 Å². The van der Waals surface area contributed by atoms with Crippen molar-refractivity contribution in [2.75, 3.05) is 50.0 Å². The maximum atomic E-state index is 13.5. The Morgan fingerprint density at radius 3 is 1.72 bits per heavy atom. The summed E-state index contributed by atoms with van der Waals surface area (Å²) in [5, 5.41) is 6.92. The highest BCUT2D eigenvalue weighted by Crippen LogP contribution is 2.26. The van der Waals surface area contributed by atoms with Crippen molar-refractivity contribution in [2.24, 2.45) is 0 Å². The zero-order valence-corrected chi connectivity index (χ0v) is 21.6. The van der Waals surface area contributed by atoms with E-state index in [9.17, 15) is 8.42 Å². The standard InChI is InChI=1S/C28H35N3O4S/c1-23-13-15-24(16-14-23)36(32,33)31-19-21-34-27-11-5-3-9-25(27)29-17-7-2-8-18-30-26-10-4-6-12-28(26)35-22-20-31/h3-6,9-16,29-30H,2,7-8,17-22H2,1H3. The summed E-state index contributed by atoms with van der Waals surface area (Å²) in [5.41, 5.74) is 2.84. The van der Waals surface area contributed by atoms with Crippen LogP contribution in [0.1, 0.15) is 24.8 Å². The normalized spacial score (nSPS) is 16.5. The Labute approximate surface area is 214 Å². The molecule has 0 saturated heterocycles. The molecule has 0 unspecified atom stereocenters. The Kier molecular flexibility index (Phi) is 9.08. The van der Waals surface area contributed by atoms with E-state index in [0.29, 0.717) is 0 Å². The SMILES string of the molecule is Cc1ccc(S(=O)(=O)N2CCOc3ccccc3NCCCCCNc3ccccc3OCC2)cc1. The fraction of sp³-hybridized carbons (Fsp3) is 0.357. The topological polar surface area (TPSA) is 79.9 Å². The molecule has 8 heteroatoms. The number of hydrogen-bond acceptors (Lipinski definition) is 6. The minimum atomic E-state index is -3.72. The smallest absolute Gasteiger partial charge is 0.243 e. The van der Waals surface area contributed by atoms with Gasteiger partial charge in [-0.25, -0.2) is 8.42 Å². The van der Waals surface area contributed by atoms with Crippen LogP contribution in [0, 0.1) is 6.92 Å². The molecule has 36 heavy (non-hydrogen) atoms. The molecule has 0 bridgehead atoms. The van der Waals surface area contributed by atoms with Gasteiger partial charge in [0.2, 0.25) is 10.0 Å². The van der Waals surface area contributed by atoms with Crippen molar-refractivity contribution in [3.63, 3.8) is 0 Å². The first-order valence-electron chi connectivity index (χ1n) is 12.5. The molecule has 0 amide bonds. The number of hydrogen-bond donors (Lipinski definition) is 2. The minimum absolute atomic E-state index is 0.202. The lowest BCUT2D eigenvalue weighted by atomic mass is 10.2. The second kappa shape index (κ2) is 12.6. The maximum absolute atomic E-state index is 13.5. The lowest BCUT2D eigenvalue weighted by Gasteiger charge is -2.23. The average Bonchev–Trinajstić information content (AvgIpc) is 2.88. The molecule has 4 rings (SSSR count). The zero-order valence-electron chi connectivity index (χ0n) is 20.8. The van der Waals surface area contributed by atoms with Gasteiger partial charge >= 0.3 is 0 Å². The second-order valence-corrected chi connectivity index (χ2v) is 10.8. The molecule has 1 aliphatic rings. The number of aryl methyl sites for hydroxylation is 1. The number of fused-ring (bicyclic) bond motifs is 2. The van der Waals surface area contributed by atoms with E-state index in [1.807, 2.05) is 67.6 Å². The van der Waals surface area contributed by atoms with Gasteiger partial charge in [-0.1, -0.05) is 42.0 Å². The van der Waals surface area contributed by atoms with Gasteiger partial charge in [-0.2, -0.15) is 4.31 Å². The van der Waals surface area contributed by atoms with Gasteiger partial charge in [-0.3, -0.25) is 0 Å². The van der Waals surface area contributed by atoms with Crippen molar-refractivity contribution in [3.05, 3.63) is 78.4 Å². The maximum Gasteiger partial charge on any atom is 0.243 e. The summed E-state index contributed by atoms with van der Waals surface area (Å²) < 4.78 is 40.5. The van der Waals surface area contributed by atoms with Gasteiger partial charge in [-0.05, 0) is 62.6 Å². The highest BCUT2D eigenvalue weighted by molar-refractivity contribution is 7.89. The summed E-state index contributed by atoms with van der Waals surface area (Å²) in [6, 6.07) is 22.5. The largest absolute Gasteiger partial charge is 0.490 e. The molecule has 0 aliphatic carbocycles. The lowest BCUT2D eigenvalue weighted by molar-refractivity contribution is 0.238. The van der Waals surface area contributed by atoms with Crippen LogP contribution in [-0.4, -0.2) is 52.1 Å².